The van der Waals surface area contributed by atoms with Gasteiger partial charge in [-0.1, -0.05) is 111 Å². The van der Waals surface area contributed by atoms with Gasteiger partial charge in [0.2, 0.25) is 5.71 Å². The van der Waals surface area contributed by atoms with Gasteiger partial charge in [0.25, 0.3) is 0 Å². The van der Waals surface area contributed by atoms with Crippen molar-refractivity contribution < 1.29 is 4.42 Å². The molecular formula is C41H29N3O. The zero-order chi connectivity index (χ0) is 30.1. The van der Waals surface area contributed by atoms with Crippen LogP contribution in [0.25, 0.3) is 82.8 Å². The maximum Gasteiger partial charge on any atom is 0.227 e. The van der Waals surface area contributed by atoms with Crippen LogP contribution in [-0.2, 0) is 0 Å². The molecule has 6 aromatic carbocycles. The molecule has 0 amide bonds. The van der Waals surface area contributed by atoms with Gasteiger partial charge in [-0.05, 0) is 69.1 Å². The van der Waals surface area contributed by atoms with E-state index in [9.17, 15) is 0 Å². The van der Waals surface area contributed by atoms with Gasteiger partial charge in [0.15, 0.2) is 0 Å². The Hall–Kier alpha value is -5.74. The summed E-state index contributed by atoms with van der Waals surface area (Å²) < 4.78 is 8.59. The molecule has 0 fully saturated rings. The van der Waals surface area contributed by atoms with Crippen LogP contribution in [-0.4, -0.2) is 14.5 Å². The van der Waals surface area contributed by atoms with E-state index in [-0.39, 0.29) is 5.92 Å². The third-order valence-corrected chi connectivity index (χ3v) is 9.00. The first kappa shape index (κ1) is 25.7. The quantitative estimate of drug-likeness (QED) is 0.195. The number of rotatable bonds is 4. The maximum absolute atomic E-state index is 6.23. The number of imidazole rings is 1. The Bertz CT molecular complexity index is 2570. The fourth-order valence-electron chi connectivity index (χ4n) is 7.01. The molecule has 0 aliphatic carbocycles. The standard InChI is InChI=1S/C41H29N3O/c1-25(2)38-31-16-8-6-14-29(31)30-15-7-9-17-32(30)39(38)44-36-19-11-10-18-35(36)43-40(44)28-23-34-33-22-27(26-12-4-3-5-13-26)20-21-37(33)45-41(34)42-24-28/h3-25H,1-2H3. The van der Waals surface area contributed by atoms with Crippen LogP contribution in [0.2, 0.25) is 0 Å². The predicted molar refractivity (Wildman–Crippen MR) is 186 cm³/mol. The molecule has 214 valence electrons. The summed E-state index contributed by atoms with van der Waals surface area (Å²) in [7, 11) is 0. The Morgan fingerprint density at radius 3 is 2.04 bits per heavy atom. The Kier molecular flexibility index (Phi) is 5.66. The summed E-state index contributed by atoms with van der Waals surface area (Å²) in [6, 6.07) is 45.0. The van der Waals surface area contributed by atoms with Gasteiger partial charge in [0.05, 0.1) is 16.7 Å². The summed E-state index contributed by atoms with van der Waals surface area (Å²) in [5.74, 6) is 1.14. The number of pyridine rings is 1. The summed E-state index contributed by atoms with van der Waals surface area (Å²) in [4.78, 5) is 10.1. The maximum atomic E-state index is 6.23. The molecule has 0 aliphatic heterocycles. The Morgan fingerprint density at radius 1 is 0.578 bits per heavy atom. The minimum Gasteiger partial charge on any atom is -0.438 e. The Labute approximate surface area is 260 Å². The van der Waals surface area contributed by atoms with Gasteiger partial charge in [-0.25, -0.2) is 9.97 Å². The predicted octanol–water partition coefficient (Wildman–Crippen LogP) is 11.1. The van der Waals surface area contributed by atoms with Gasteiger partial charge < -0.3 is 4.42 Å². The van der Waals surface area contributed by atoms with E-state index in [1.807, 2.05) is 18.3 Å². The van der Waals surface area contributed by atoms with Crippen molar-refractivity contribution in [1.29, 1.82) is 0 Å². The fourth-order valence-corrected chi connectivity index (χ4v) is 7.01. The molecule has 45 heavy (non-hydrogen) atoms. The molecule has 0 aliphatic rings. The first-order chi connectivity index (χ1) is 22.2. The van der Waals surface area contributed by atoms with Crippen molar-refractivity contribution in [3.8, 4) is 28.2 Å². The van der Waals surface area contributed by atoms with Crippen LogP contribution in [0.15, 0.2) is 138 Å². The SMILES string of the molecule is CC(C)c1c(-n2c(-c3cnc4oc5ccc(-c6ccccc6)cc5c4c3)nc3ccccc32)c2ccccc2c2ccccc12. The van der Waals surface area contributed by atoms with Gasteiger partial charge in [-0.2, -0.15) is 0 Å². The molecule has 0 spiro atoms. The third-order valence-electron chi connectivity index (χ3n) is 9.00. The largest absolute Gasteiger partial charge is 0.438 e. The van der Waals surface area contributed by atoms with Crippen LogP contribution in [0.5, 0.6) is 0 Å². The highest BCUT2D eigenvalue weighted by Crippen LogP contribution is 2.43. The lowest BCUT2D eigenvalue weighted by atomic mass is 9.89. The number of furan rings is 1. The summed E-state index contributed by atoms with van der Waals surface area (Å²) in [5.41, 5.74) is 9.21. The van der Waals surface area contributed by atoms with Crippen LogP contribution >= 0.6 is 0 Å². The van der Waals surface area contributed by atoms with Crippen molar-refractivity contribution in [3.63, 3.8) is 0 Å². The van der Waals surface area contributed by atoms with E-state index in [1.165, 1.54) is 38.4 Å². The highest BCUT2D eigenvalue weighted by molar-refractivity contribution is 6.14. The van der Waals surface area contributed by atoms with Crippen molar-refractivity contribution in [2.45, 2.75) is 19.8 Å². The van der Waals surface area contributed by atoms with Gasteiger partial charge in [-0.15, -0.1) is 0 Å². The number of hydrogen-bond acceptors (Lipinski definition) is 3. The molecule has 0 atom stereocenters. The zero-order valence-corrected chi connectivity index (χ0v) is 25.0. The number of fused-ring (bicyclic) bond motifs is 7. The van der Waals surface area contributed by atoms with E-state index in [2.05, 4.69) is 134 Å². The average Bonchev–Trinajstić information content (AvgIpc) is 3.65. The average molecular weight is 580 g/mol. The fraction of sp³-hybridized carbons (Fsp3) is 0.0732. The van der Waals surface area contributed by atoms with Crippen LogP contribution in [0.3, 0.4) is 0 Å². The minimum atomic E-state index is 0.276. The van der Waals surface area contributed by atoms with Gasteiger partial charge >= 0.3 is 0 Å². The second-order valence-corrected chi connectivity index (χ2v) is 12.0. The highest BCUT2D eigenvalue weighted by atomic mass is 16.3. The number of nitrogens with zero attached hydrogens (tertiary/aromatic N) is 3. The summed E-state index contributed by atoms with van der Waals surface area (Å²) in [6.45, 7) is 4.57. The number of para-hydroxylation sites is 2. The second kappa shape index (κ2) is 9.90. The second-order valence-electron chi connectivity index (χ2n) is 12.0. The van der Waals surface area contributed by atoms with Crippen molar-refractivity contribution in [2.75, 3.05) is 0 Å². The highest BCUT2D eigenvalue weighted by Gasteiger charge is 2.24. The van der Waals surface area contributed by atoms with Gasteiger partial charge in [-0.3, -0.25) is 4.57 Å². The van der Waals surface area contributed by atoms with Crippen LogP contribution in [0.1, 0.15) is 25.3 Å². The molecule has 0 unspecified atom stereocenters. The summed E-state index contributed by atoms with van der Waals surface area (Å²) in [6.07, 6.45) is 1.90. The first-order valence-electron chi connectivity index (χ1n) is 15.4. The smallest absolute Gasteiger partial charge is 0.227 e. The lowest BCUT2D eigenvalue weighted by Gasteiger charge is -2.22. The van der Waals surface area contributed by atoms with E-state index in [4.69, 9.17) is 14.4 Å². The normalized spacial score (nSPS) is 12.0. The molecule has 0 N–H and O–H groups in total. The summed E-state index contributed by atoms with van der Waals surface area (Å²) in [5, 5.41) is 7.01. The van der Waals surface area contributed by atoms with Crippen molar-refractivity contribution in [1.82, 2.24) is 14.5 Å². The summed E-state index contributed by atoms with van der Waals surface area (Å²) >= 11 is 0. The topological polar surface area (TPSA) is 43.9 Å². The van der Waals surface area contributed by atoms with E-state index < -0.39 is 0 Å². The molecule has 4 heteroatoms. The molecule has 4 nitrogen and oxygen atoms in total. The number of aromatic nitrogens is 3. The molecule has 3 heterocycles. The van der Waals surface area contributed by atoms with E-state index >= 15 is 0 Å². The first-order valence-corrected chi connectivity index (χ1v) is 15.4. The van der Waals surface area contributed by atoms with Crippen molar-refractivity contribution in [2.24, 2.45) is 0 Å². The molecule has 0 bridgehead atoms. The van der Waals surface area contributed by atoms with E-state index in [0.29, 0.717) is 5.71 Å². The van der Waals surface area contributed by atoms with Gasteiger partial charge in [0, 0.05) is 27.9 Å². The third kappa shape index (κ3) is 3.92. The molecule has 3 aromatic heterocycles. The molecule has 0 saturated carbocycles. The van der Waals surface area contributed by atoms with Crippen LogP contribution < -0.4 is 0 Å². The number of hydrogen-bond donors (Lipinski definition) is 0. The van der Waals surface area contributed by atoms with Crippen LogP contribution in [0, 0.1) is 0 Å². The zero-order valence-electron chi connectivity index (χ0n) is 25.0. The molecule has 9 rings (SSSR count). The van der Waals surface area contributed by atoms with Crippen LogP contribution in [0.4, 0.5) is 0 Å². The monoisotopic (exact) mass is 579 g/mol. The van der Waals surface area contributed by atoms with Crippen molar-refractivity contribution >= 4 is 54.6 Å². The number of benzene rings is 6. The lowest BCUT2D eigenvalue weighted by molar-refractivity contribution is 0.654. The molecular weight excluding hydrogens is 550 g/mol. The molecule has 9 aromatic rings. The Balaban J connectivity index is 1.37. The van der Waals surface area contributed by atoms with E-state index in [0.717, 1.165) is 44.3 Å². The van der Waals surface area contributed by atoms with Gasteiger partial charge in [0.1, 0.15) is 11.4 Å². The van der Waals surface area contributed by atoms with Crippen molar-refractivity contribution in [3.05, 3.63) is 139 Å². The molecule has 0 radical (unpaired) electrons. The lowest BCUT2D eigenvalue weighted by Crippen LogP contribution is -2.06. The molecule has 0 saturated heterocycles. The minimum absolute atomic E-state index is 0.276. The Morgan fingerprint density at radius 2 is 1.24 bits per heavy atom. The van der Waals surface area contributed by atoms with E-state index in [1.54, 1.807) is 0 Å².